The van der Waals surface area contributed by atoms with Crippen LogP contribution < -0.4 is 5.32 Å². The van der Waals surface area contributed by atoms with Crippen molar-refractivity contribution in [1.82, 2.24) is 5.32 Å². The maximum Gasteiger partial charge on any atom is 0.531 e. The molecule has 0 radical (unpaired) electrons. The molecule has 30 heavy (non-hydrogen) atoms. The van der Waals surface area contributed by atoms with E-state index < -0.39 is 12.6 Å². The van der Waals surface area contributed by atoms with Crippen LogP contribution in [0.1, 0.15) is 37.0 Å². The lowest BCUT2D eigenvalue weighted by Crippen LogP contribution is -2.63. The summed E-state index contributed by atoms with van der Waals surface area (Å²) in [6, 6.07) is 4.58. The van der Waals surface area contributed by atoms with E-state index in [1.807, 2.05) is 7.05 Å². The third-order valence-electron chi connectivity index (χ3n) is 6.10. The van der Waals surface area contributed by atoms with Gasteiger partial charge in [-0.2, -0.15) is 0 Å². The zero-order valence-corrected chi connectivity index (χ0v) is 19.0. The number of rotatable bonds is 8. The number of nitrogens with zero attached hydrogens (tertiary/aromatic N) is 1. The normalized spacial score (nSPS) is 26.4. The highest BCUT2D eigenvalue weighted by molar-refractivity contribution is 6.65. The van der Waals surface area contributed by atoms with E-state index in [4.69, 9.17) is 32.5 Å². The monoisotopic (exact) mass is 456 g/mol. The Kier molecular flexibility index (Phi) is 6.82. The number of nitrogens with one attached hydrogen (secondary N) is 1. The first-order valence-corrected chi connectivity index (χ1v) is 10.9. The number of fused-ring (bicyclic) bond motifs is 1. The summed E-state index contributed by atoms with van der Waals surface area (Å²) in [5.41, 5.74) is 0.214. The lowest BCUT2D eigenvalue weighted by atomic mass is 9.52. The molecule has 1 N–H and O–H groups in total. The van der Waals surface area contributed by atoms with E-state index in [0.717, 1.165) is 0 Å². The summed E-state index contributed by atoms with van der Waals surface area (Å²) in [5, 5.41) is 3.25. The van der Waals surface area contributed by atoms with Crippen LogP contribution in [0.15, 0.2) is 18.2 Å². The number of likely N-dealkylation sites (N-methyl/N-ethyl adjacent to an activating group) is 1. The number of halogens is 2. The van der Waals surface area contributed by atoms with E-state index in [2.05, 4.69) is 19.2 Å². The van der Waals surface area contributed by atoms with Crippen LogP contribution in [0, 0.1) is 5.92 Å². The minimum Gasteiger partial charge on any atom is -0.611 e. The van der Waals surface area contributed by atoms with Crippen molar-refractivity contribution in [2.45, 2.75) is 32.5 Å². The number of benzene rings is 1. The second-order valence-electron chi connectivity index (χ2n) is 8.89. The summed E-state index contributed by atoms with van der Waals surface area (Å²) < 4.78 is 12.2. The first-order valence-electron chi connectivity index (χ1n) is 10.2. The Labute approximate surface area is 186 Å². The largest absolute Gasteiger partial charge is 0.611 e. The van der Waals surface area contributed by atoms with Crippen LogP contribution in [0.2, 0.25) is 15.9 Å². The van der Waals surface area contributed by atoms with Gasteiger partial charge >= 0.3 is 12.7 Å². The predicted molar refractivity (Wildman–Crippen MR) is 115 cm³/mol. The van der Waals surface area contributed by atoms with Gasteiger partial charge in [-0.25, -0.2) is 0 Å². The summed E-state index contributed by atoms with van der Waals surface area (Å²) in [6.45, 7) is 3.44. The Hall–Kier alpha value is -1.61. The van der Waals surface area contributed by atoms with E-state index in [9.17, 15) is 14.4 Å². The van der Waals surface area contributed by atoms with Crippen LogP contribution in [-0.4, -0.2) is 62.0 Å². The molecular weight excluding hydrogens is 430 g/mol. The van der Waals surface area contributed by atoms with Crippen LogP contribution in [-0.2, 0) is 18.9 Å². The van der Waals surface area contributed by atoms with Crippen LogP contribution in [0.25, 0.3) is 0 Å². The molecule has 1 aromatic rings. The molecule has 164 valence electrons. The Bertz CT molecular complexity index is 868. The fourth-order valence-corrected chi connectivity index (χ4v) is 5.11. The number of amides is 1. The van der Waals surface area contributed by atoms with E-state index >= 15 is 0 Å². The molecule has 0 aromatic heterocycles. The molecule has 10 heteroatoms. The molecule has 0 spiro atoms. The molecule has 2 unspecified atom stereocenters. The molecule has 2 aliphatic heterocycles. The number of ketones is 1. The lowest BCUT2D eigenvalue weighted by Gasteiger charge is -2.46. The van der Waals surface area contributed by atoms with E-state index in [1.165, 1.54) is 12.1 Å². The standard InChI is InChI=1S/C20H27BCl2N2O5/c1-13(2)8-14(21-25(3,6-7-29-21)12-19(27)30-21)9-16(26)11-24-20(28)17-10-15(22)4-5-18(17)23/h4-5,10,13-14H,6-9,11-12H2,1-3H3,(H,24,28)/t14-,21?,25?/m1/s1. The molecule has 1 amide bonds. The SMILES string of the molecule is CC(C)C[C@H](CC(=O)CNC(=O)c1cc(Cl)ccc1Cl)[B-]12OCC[N+]1(C)CC(=O)O2. The zero-order valence-electron chi connectivity index (χ0n) is 17.5. The number of carbonyl (C=O) groups is 3. The Morgan fingerprint density at radius 2 is 2.03 bits per heavy atom. The second-order valence-corrected chi connectivity index (χ2v) is 9.73. The molecule has 3 rings (SSSR count). The smallest absolute Gasteiger partial charge is 0.531 e. The molecule has 2 saturated heterocycles. The summed E-state index contributed by atoms with van der Waals surface area (Å²) in [6.07, 6.45) is 0.837. The van der Waals surface area contributed by atoms with E-state index in [0.29, 0.717) is 29.0 Å². The minimum atomic E-state index is -1.96. The Morgan fingerprint density at radius 3 is 2.73 bits per heavy atom. The van der Waals surface area contributed by atoms with Crippen LogP contribution in [0.4, 0.5) is 0 Å². The van der Waals surface area contributed by atoms with Gasteiger partial charge in [0.1, 0.15) is 12.3 Å². The van der Waals surface area contributed by atoms with Crippen molar-refractivity contribution in [3.8, 4) is 0 Å². The van der Waals surface area contributed by atoms with Crippen molar-refractivity contribution in [2.24, 2.45) is 5.92 Å². The molecule has 0 saturated carbocycles. The summed E-state index contributed by atoms with van der Waals surface area (Å²) >= 11 is 12.0. The van der Waals surface area contributed by atoms with Gasteiger partial charge in [-0.05, 0) is 36.4 Å². The molecule has 2 heterocycles. The van der Waals surface area contributed by atoms with Gasteiger partial charge in [0.05, 0.1) is 30.3 Å². The first kappa shape index (κ1) is 23.1. The number of carbonyl (C=O) groups excluding carboxylic acids is 3. The minimum absolute atomic E-state index is 0.153. The van der Waals surface area contributed by atoms with Crippen molar-refractivity contribution in [3.05, 3.63) is 33.8 Å². The van der Waals surface area contributed by atoms with Gasteiger partial charge in [0, 0.05) is 12.1 Å². The number of Topliss-reactive ketones (excluding diaryl/α,β-unsaturated/α-hetero) is 1. The van der Waals surface area contributed by atoms with Crippen molar-refractivity contribution in [2.75, 3.05) is 33.3 Å². The second kappa shape index (κ2) is 8.87. The van der Waals surface area contributed by atoms with Gasteiger partial charge < -0.3 is 19.0 Å². The molecule has 0 bridgehead atoms. The van der Waals surface area contributed by atoms with Gasteiger partial charge in [0.15, 0.2) is 0 Å². The van der Waals surface area contributed by atoms with Gasteiger partial charge in [-0.15, -0.1) is 0 Å². The maximum atomic E-state index is 12.8. The van der Waals surface area contributed by atoms with Gasteiger partial charge in [0.25, 0.3) is 5.91 Å². The number of hydrogen-bond donors (Lipinski definition) is 1. The first-order chi connectivity index (χ1) is 14.1. The highest BCUT2D eigenvalue weighted by atomic mass is 35.5. The van der Waals surface area contributed by atoms with Gasteiger partial charge in [-0.1, -0.05) is 43.5 Å². The third kappa shape index (κ3) is 4.52. The fourth-order valence-electron chi connectivity index (χ4n) is 4.74. The van der Waals surface area contributed by atoms with Crippen molar-refractivity contribution in [3.63, 3.8) is 0 Å². The lowest BCUT2D eigenvalue weighted by molar-refractivity contribution is -0.798. The van der Waals surface area contributed by atoms with Crippen LogP contribution in [0.3, 0.4) is 0 Å². The fraction of sp³-hybridized carbons (Fsp3) is 0.550. The van der Waals surface area contributed by atoms with Gasteiger partial charge in [-0.3, -0.25) is 14.4 Å². The average molecular weight is 457 g/mol. The van der Waals surface area contributed by atoms with Crippen molar-refractivity contribution >= 4 is 47.5 Å². The number of quaternary nitrogens is 1. The molecule has 2 aliphatic rings. The van der Waals surface area contributed by atoms with Crippen molar-refractivity contribution in [1.29, 1.82) is 0 Å². The topological polar surface area (TPSA) is 81.7 Å². The molecule has 0 aliphatic carbocycles. The number of hydrogen-bond acceptors (Lipinski definition) is 5. The molecule has 3 atom stereocenters. The molecule has 7 nitrogen and oxygen atoms in total. The third-order valence-corrected chi connectivity index (χ3v) is 6.66. The Balaban J connectivity index is 1.70. The van der Waals surface area contributed by atoms with Crippen LogP contribution in [0.5, 0.6) is 0 Å². The average Bonchev–Trinajstić information content (AvgIpc) is 3.09. The zero-order chi connectivity index (χ0) is 22.1. The predicted octanol–water partition coefficient (Wildman–Crippen LogP) is 3.07. The summed E-state index contributed by atoms with van der Waals surface area (Å²) in [7, 11) is 1.96. The van der Waals surface area contributed by atoms with Crippen molar-refractivity contribution < 1.29 is 28.1 Å². The summed E-state index contributed by atoms with van der Waals surface area (Å²) in [4.78, 5) is 37.3. The summed E-state index contributed by atoms with van der Waals surface area (Å²) in [5.74, 6) is -0.875. The maximum absolute atomic E-state index is 12.8. The van der Waals surface area contributed by atoms with Crippen LogP contribution >= 0.6 is 23.2 Å². The van der Waals surface area contributed by atoms with Gasteiger partial charge in [0.2, 0.25) is 0 Å². The van der Waals surface area contributed by atoms with E-state index in [1.54, 1.807) is 6.07 Å². The molecule has 2 fully saturated rings. The Morgan fingerprint density at radius 1 is 1.30 bits per heavy atom. The van der Waals surface area contributed by atoms with E-state index in [-0.39, 0.29) is 53.6 Å². The highest BCUT2D eigenvalue weighted by Crippen LogP contribution is 2.45. The highest BCUT2D eigenvalue weighted by Gasteiger charge is 2.64. The molecule has 1 aromatic carbocycles. The quantitative estimate of drug-likeness (QED) is 0.608. The molecular formula is C20H27BCl2N2O5.